The van der Waals surface area contributed by atoms with Gasteiger partial charge in [0.25, 0.3) is 5.91 Å². The Balaban J connectivity index is 1.28. The Morgan fingerprint density at radius 2 is 1.89 bits per heavy atom. The molecule has 3 aromatic carbocycles. The molecule has 10 heteroatoms. The van der Waals surface area contributed by atoms with E-state index < -0.39 is 5.76 Å². The largest absolute Gasteiger partial charge is 0.488 e. The van der Waals surface area contributed by atoms with E-state index in [1.807, 2.05) is 54.3 Å². The summed E-state index contributed by atoms with van der Waals surface area (Å²) < 4.78 is 13.3. The van der Waals surface area contributed by atoms with Crippen LogP contribution in [0.1, 0.15) is 77.4 Å². The lowest BCUT2D eigenvalue weighted by molar-refractivity contribution is 0.0548. The number of aliphatic hydroxyl groups is 1. The number of aryl methyl sites for hydroxylation is 1. The van der Waals surface area contributed by atoms with Gasteiger partial charge in [-0.25, -0.2) is 9.78 Å². The van der Waals surface area contributed by atoms with Gasteiger partial charge in [0.15, 0.2) is 5.82 Å². The zero-order valence-corrected chi connectivity index (χ0v) is 25.4. The Hall–Kier alpha value is -4.96. The number of nitrogens with one attached hydrogen (secondary N) is 1. The van der Waals surface area contributed by atoms with Crippen molar-refractivity contribution in [3.8, 4) is 5.75 Å². The minimum absolute atomic E-state index is 0.0370. The van der Waals surface area contributed by atoms with Gasteiger partial charge in [0.2, 0.25) is 0 Å². The molecule has 0 saturated carbocycles. The van der Waals surface area contributed by atoms with Gasteiger partial charge in [-0.3, -0.25) is 14.3 Å². The van der Waals surface area contributed by atoms with Crippen molar-refractivity contribution in [1.29, 1.82) is 0 Å². The monoisotopic (exact) mass is 605 g/mol. The van der Waals surface area contributed by atoms with Crippen LogP contribution in [0.2, 0.25) is 0 Å². The first-order valence-electron chi connectivity index (χ1n) is 15.5. The predicted molar refractivity (Wildman–Crippen MR) is 170 cm³/mol. The summed E-state index contributed by atoms with van der Waals surface area (Å²) in [6, 6.07) is 20.1. The van der Waals surface area contributed by atoms with Crippen molar-refractivity contribution in [2.75, 3.05) is 13.1 Å². The summed E-state index contributed by atoms with van der Waals surface area (Å²) in [5.41, 5.74) is 7.93. The molecule has 0 atom stereocenters. The first-order chi connectivity index (χ1) is 21.9. The standard InChI is InChI=1S/C35H35N5O5/c1-3-7-30-36-32-27(34(42)39-16-14-24(41)15-17-39)9-6-10-28(32)40(30)19-22-12-13-25-23(18-22)20-44-29-11-5-4-8-26(29)31(25)21(2)33-37-35(43)45-38-33/h4-6,8-13,18,24,41H,3,7,14-17,19-20H2,1-2H3,(H,37,38,43)/b31-21+. The van der Waals surface area contributed by atoms with Crippen LogP contribution in [0.5, 0.6) is 5.75 Å². The number of carbonyl (C=O) groups excluding carboxylic acids is 1. The van der Waals surface area contributed by atoms with Crippen molar-refractivity contribution in [3.05, 3.63) is 111 Å². The highest BCUT2D eigenvalue weighted by Crippen LogP contribution is 2.40. The number of aliphatic hydroxyl groups excluding tert-OH is 1. The molecule has 4 heterocycles. The summed E-state index contributed by atoms with van der Waals surface area (Å²) in [4.78, 5) is 34.9. The van der Waals surface area contributed by atoms with Crippen molar-refractivity contribution in [2.45, 2.75) is 58.8 Å². The maximum Gasteiger partial charge on any atom is 0.439 e. The molecular formula is C35H35N5O5. The highest BCUT2D eigenvalue weighted by molar-refractivity contribution is 6.05. The molecular weight excluding hydrogens is 570 g/mol. The summed E-state index contributed by atoms with van der Waals surface area (Å²) in [6.45, 7) is 6.09. The zero-order valence-electron chi connectivity index (χ0n) is 25.4. The molecule has 230 valence electrons. The van der Waals surface area contributed by atoms with E-state index in [0.717, 1.165) is 63.3 Å². The Morgan fingerprint density at radius 3 is 2.67 bits per heavy atom. The molecule has 10 nitrogen and oxygen atoms in total. The number of benzene rings is 3. The summed E-state index contributed by atoms with van der Waals surface area (Å²) in [7, 11) is 0. The average Bonchev–Trinajstić information content (AvgIpc) is 3.59. The maximum atomic E-state index is 13.6. The van der Waals surface area contributed by atoms with E-state index in [0.29, 0.717) is 56.0 Å². The molecule has 0 radical (unpaired) electrons. The molecule has 2 aliphatic heterocycles. The van der Waals surface area contributed by atoms with Crippen LogP contribution in [-0.2, 0) is 19.6 Å². The van der Waals surface area contributed by atoms with Gasteiger partial charge in [0.1, 0.15) is 23.7 Å². The van der Waals surface area contributed by atoms with Gasteiger partial charge < -0.3 is 19.3 Å². The summed E-state index contributed by atoms with van der Waals surface area (Å²) in [5.74, 6) is 1.43. The molecule has 2 aliphatic rings. The number of ether oxygens (including phenoxy) is 1. The van der Waals surface area contributed by atoms with Crippen molar-refractivity contribution < 1.29 is 19.2 Å². The normalized spacial score (nSPS) is 16.2. The third kappa shape index (κ3) is 5.35. The molecule has 5 aromatic rings. The molecule has 1 saturated heterocycles. The van der Waals surface area contributed by atoms with Crippen molar-refractivity contribution in [1.82, 2.24) is 24.6 Å². The maximum absolute atomic E-state index is 13.6. The predicted octanol–water partition coefficient (Wildman–Crippen LogP) is 5.18. The molecule has 2 aromatic heterocycles. The van der Waals surface area contributed by atoms with Gasteiger partial charge in [0.05, 0.1) is 17.2 Å². The zero-order chi connectivity index (χ0) is 31.1. The molecule has 1 fully saturated rings. The topological polar surface area (TPSA) is 126 Å². The van der Waals surface area contributed by atoms with Crippen LogP contribution in [-0.4, -0.2) is 54.8 Å². The number of allylic oxidation sites excluding steroid dienone is 1. The van der Waals surface area contributed by atoms with Gasteiger partial charge in [-0.05, 0) is 72.7 Å². The third-order valence-electron chi connectivity index (χ3n) is 8.80. The second-order valence-corrected chi connectivity index (χ2v) is 11.8. The number of fused-ring (bicyclic) bond motifs is 3. The minimum atomic E-state index is -0.603. The van der Waals surface area contributed by atoms with E-state index >= 15 is 0 Å². The van der Waals surface area contributed by atoms with Gasteiger partial charge >= 0.3 is 5.76 Å². The van der Waals surface area contributed by atoms with Crippen LogP contribution >= 0.6 is 0 Å². The van der Waals surface area contributed by atoms with Crippen molar-refractivity contribution >= 4 is 28.1 Å². The molecule has 0 unspecified atom stereocenters. The quantitative estimate of drug-likeness (QED) is 0.273. The number of nitrogens with zero attached hydrogens (tertiary/aromatic N) is 4. The van der Waals surface area contributed by atoms with Crippen molar-refractivity contribution in [2.24, 2.45) is 0 Å². The molecule has 45 heavy (non-hydrogen) atoms. The number of amides is 1. The van der Waals surface area contributed by atoms with Crippen LogP contribution in [0.15, 0.2) is 70.0 Å². The number of imidazole rings is 1. The number of rotatable bonds is 6. The fraction of sp³-hybridized carbons (Fsp3) is 0.314. The van der Waals surface area contributed by atoms with E-state index in [-0.39, 0.29) is 12.0 Å². The molecule has 7 rings (SSSR count). The highest BCUT2D eigenvalue weighted by atomic mass is 16.5. The number of carbonyl (C=O) groups is 1. The number of likely N-dealkylation sites (tertiary alicyclic amines) is 1. The molecule has 0 spiro atoms. The summed E-state index contributed by atoms with van der Waals surface area (Å²) in [6.07, 6.45) is 2.55. The Bertz CT molecular complexity index is 1990. The number of hydrogen-bond acceptors (Lipinski definition) is 7. The second kappa shape index (κ2) is 11.9. The van der Waals surface area contributed by atoms with E-state index in [9.17, 15) is 14.7 Å². The third-order valence-corrected chi connectivity index (χ3v) is 8.80. The lowest BCUT2D eigenvalue weighted by atomic mass is 9.89. The average molecular weight is 606 g/mol. The van der Waals surface area contributed by atoms with Gasteiger partial charge in [-0.1, -0.05) is 48.5 Å². The SMILES string of the molecule is CCCc1nc2c(C(=O)N3CCC(O)CC3)cccc2n1Cc1ccc2c(c1)COc1ccccc1/C2=C(\C)c1noc(=O)[nH]1. The number of aromatic amines is 1. The van der Waals surface area contributed by atoms with Crippen molar-refractivity contribution in [3.63, 3.8) is 0 Å². The number of piperidine rings is 1. The number of H-pyrrole nitrogens is 1. The summed E-state index contributed by atoms with van der Waals surface area (Å²) >= 11 is 0. The van der Waals surface area contributed by atoms with E-state index in [2.05, 4.69) is 39.8 Å². The molecule has 0 aliphatic carbocycles. The fourth-order valence-electron chi connectivity index (χ4n) is 6.50. The first kappa shape index (κ1) is 28.8. The lowest BCUT2D eigenvalue weighted by Gasteiger charge is -2.29. The van der Waals surface area contributed by atoms with E-state index in [1.54, 1.807) is 0 Å². The highest BCUT2D eigenvalue weighted by Gasteiger charge is 2.26. The number of para-hydroxylation sites is 2. The molecule has 2 N–H and O–H groups in total. The van der Waals surface area contributed by atoms with Crippen LogP contribution in [0.25, 0.3) is 22.2 Å². The minimum Gasteiger partial charge on any atom is -0.488 e. The van der Waals surface area contributed by atoms with Crippen LogP contribution in [0.3, 0.4) is 0 Å². The van der Waals surface area contributed by atoms with Crippen LogP contribution in [0, 0.1) is 0 Å². The van der Waals surface area contributed by atoms with Crippen LogP contribution in [0.4, 0.5) is 0 Å². The number of aromatic nitrogens is 4. The van der Waals surface area contributed by atoms with E-state index in [1.165, 1.54) is 0 Å². The second-order valence-electron chi connectivity index (χ2n) is 11.8. The van der Waals surface area contributed by atoms with Gasteiger partial charge in [-0.15, -0.1) is 0 Å². The van der Waals surface area contributed by atoms with Crippen LogP contribution < -0.4 is 10.5 Å². The smallest absolute Gasteiger partial charge is 0.439 e. The fourth-order valence-corrected chi connectivity index (χ4v) is 6.50. The molecule has 1 amide bonds. The van der Waals surface area contributed by atoms with E-state index in [4.69, 9.17) is 14.2 Å². The Morgan fingerprint density at radius 1 is 1.07 bits per heavy atom. The first-order valence-corrected chi connectivity index (χ1v) is 15.5. The summed E-state index contributed by atoms with van der Waals surface area (Å²) in [5, 5.41) is 13.9. The van der Waals surface area contributed by atoms with Gasteiger partial charge in [-0.2, -0.15) is 0 Å². The van der Waals surface area contributed by atoms with Gasteiger partial charge in [0, 0.05) is 37.2 Å². The Kier molecular flexibility index (Phi) is 7.58. The number of hydrogen-bond donors (Lipinski definition) is 2. The molecule has 0 bridgehead atoms. The lowest BCUT2D eigenvalue weighted by Crippen LogP contribution is -2.40. The Labute approximate surface area is 260 Å².